The highest BCUT2D eigenvalue weighted by Gasteiger charge is 2.20. The number of anilines is 1. The van der Waals surface area contributed by atoms with Crippen molar-refractivity contribution in [2.45, 2.75) is 13.3 Å². The van der Waals surface area contributed by atoms with Gasteiger partial charge in [-0.1, -0.05) is 30.4 Å². The smallest absolute Gasteiger partial charge is 0.243 e. The van der Waals surface area contributed by atoms with Gasteiger partial charge in [-0.25, -0.2) is 15.0 Å². The van der Waals surface area contributed by atoms with Crippen LogP contribution < -0.4 is 5.01 Å². The number of thiazole rings is 1. The molecule has 17 heavy (non-hydrogen) atoms. The molecule has 0 bridgehead atoms. The molecular formula is C12H15N3OS. The lowest BCUT2D eigenvalue weighted by molar-refractivity contribution is -0.120. The highest BCUT2D eigenvalue weighted by Crippen LogP contribution is 2.29. The Morgan fingerprint density at radius 3 is 2.65 bits per heavy atom. The van der Waals surface area contributed by atoms with Gasteiger partial charge < -0.3 is 0 Å². The van der Waals surface area contributed by atoms with E-state index in [2.05, 4.69) is 4.98 Å². The van der Waals surface area contributed by atoms with Gasteiger partial charge in [0, 0.05) is 20.5 Å². The summed E-state index contributed by atoms with van der Waals surface area (Å²) in [4.78, 5) is 16.4. The fourth-order valence-electron chi connectivity index (χ4n) is 1.60. The molecule has 1 amide bonds. The molecule has 0 atom stereocenters. The number of benzene rings is 1. The molecule has 1 aromatic carbocycles. The molecule has 1 aromatic heterocycles. The molecule has 2 aromatic rings. The molecule has 4 nitrogen and oxygen atoms in total. The molecule has 0 radical (unpaired) electrons. The quantitative estimate of drug-likeness (QED) is 0.784. The van der Waals surface area contributed by atoms with E-state index < -0.39 is 0 Å². The number of hydrogen-bond donors (Lipinski definition) is 0. The van der Waals surface area contributed by atoms with Crippen LogP contribution in [0.1, 0.15) is 13.3 Å². The summed E-state index contributed by atoms with van der Waals surface area (Å²) in [5.41, 5.74) is 0.934. The van der Waals surface area contributed by atoms with E-state index in [0.29, 0.717) is 6.42 Å². The van der Waals surface area contributed by atoms with Gasteiger partial charge >= 0.3 is 0 Å². The second-order valence-corrected chi connectivity index (χ2v) is 4.88. The molecule has 0 aliphatic heterocycles. The van der Waals surface area contributed by atoms with Crippen LogP contribution in [-0.4, -0.2) is 30.0 Å². The Morgan fingerprint density at radius 1 is 1.35 bits per heavy atom. The third kappa shape index (κ3) is 2.30. The first-order valence-corrected chi connectivity index (χ1v) is 6.31. The van der Waals surface area contributed by atoms with Gasteiger partial charge in [0.1, 0.15) is 0 Å². The zero-order valence-corrected chi connectivity index (χ0v) is 11.0. The lowest BCUT2D eigenvalue weighted by Gasteiger charge is -2.25. The zero-order valence-electron chi connectivity index (χ0n) is 10.2. The van der Waals surface area contributed by atoms with E-state index in [0.717, 1.165) is 15.3 Å². The Bertz CT molecular complexity index is 502. The Balaban J connectivity index is 2.45. The molecule has 0 unspecified atom stereocenters. The second kappa shape index (κ2) is 4.81. The van der Waals surface area contributed by atoms with Crippen LogP contribution in [0, 0.1) is 0 Å². The van der Waals surface area contributed by atoms with Crippen LogP contribution in [-0.2, 0) is 4.79 Å². The molecule has 0 aliphatic rings. The first-order valence-electron chi connectivity index (χ1n) is 5.49. The second-order valence-electron chi connectivity index (χ2n) is 3.87. The van der Waals surface area contributed by atoms with E-state index in [4.69, 9.17) is 0 Å². The van der Waals surface area contributed by atoms with Gasteiger partial charge in [0.15, 0.2) is 0 Å². The number of aromatic nitrogens is 1. The minimum absolute atomic E-state index is 0.0501. The average molecular weight is 249 g/mol. The Labute approximate surface area is 104 Å². The van der Waals surface area contributed by atoms with Gasteiger partial charge in [-0.05, 0) is 12.1 Å². The van der Waals surface area contributed by atoms with Gasteiger partial charge in [0.25, 0.3) is 0 Å². The molecule has 0 spiro atoms. The number of carbonyl (C=O) groups is 1. The molecule has 0 fully saturated rings. The van der Waals surface area contributed by atoms with Crippen LogP contribution in [0.25, 0.3) is 10.2 Å². The standard InChI is InChI=1S/C12H15N3OS/c1-4-11(16)15(14(2)3)12-13-9-7-5-6-8-10(9)17-12/h5-8H,4H2,1-3H3. The molecule has 0 aliphatic carbocycles. The van der Waals surface area contributed by atoms with Gasteiger partial charge in [-0.3, -0.25) is 4.79 Å². The number of fused-ring (bicyclic) bond motifs is 1. The van der Waals surface area contributed by atoms with Crippen LogP contribution >= 0.6 is 11.3 Å². The van der Waals surface area contributed by atoms with Crippen molar-refractivity contribution in [1.82, 2.24) is 9.99 Å². The summed E-state index contributed by atoms with van der Waals surface area (Å²) in [7, 11) is 3.69. The highest BCUT2D eigenvalue weighted by atomic mass is 32.1. The first kappa shape index (κ1) is 12.0. The first-order chi connectivity index (χ1) is 8.13. The summed E-state index contributed by atoms with van der Waals surface area (Å²) < 4.78 is 1.10. The lowest BCUT2D eigenvalue weighted by atomic mass is 10.3. The van der Waals surface area contributed by atoms with Crippen LogP contribution in [0.2, 0.25) is 0 Å². The van der Waals surface area contributed by atoms with E-state index in [9.17, 15) is 4.79 Å². The predicted octanol–water partition coefficient (Wildman–Crippen LogP) is 2.52. The average Bonchev–Trinajstić information content (AvgIpc) is 2.71. The number of hydrogen-bond acceptors (Lipinski definition) is 4. The molecule has 90 valence electrons. The summed E-state index contributed by atoms with van der Waals surface area (Å²) in [5, 5.41) is 4.11. The van der Waals surface area contributed by atoms with Crippen LogP contribution in [0.3, 0.4) is 0 Å². The Hall–Kier alpha value is -1.46. The summed E-state index contributed by atoms with van der Waals surface area (Å²) in [5.74, 6) is 0.0501. The van der Waals surface area contributed by atoms with Gasteiger partial charge in [-0.15, -0.1) is 0 Å². The predicted molar refractivity (Wildman–Crippen MR) is 71.1 cm³/mol. The molecular weight excluding hydrogens is 234 g/mol. The molecule has 0 saturated carbocycles. The molecule has 0 N–H and O–H groups in total. The maximum atomic E-state index is 11.9. The number of amides is 1. The molecule has 0 saturated heterocycles. The topological polar surface area (TPSA) is 36.4 Å². The minimum atomic E-state index is 0.0501. The van der Waals surface area contributed by atoms with Crippen molar-refractivity contribution in [3.05, 3.63) is 24.3 Å². The van der Waals surface area contributed by atoms with Crippen molar-refractivity contribution in [3.63, 3.8) is 0 Å². The largest absolute Gasteiger partial charge is 0.273 e. The number of nitrogens with zero attached hydrogens (tertiary/aromatic N) is 3. The summed E-state index contributed by atoms with van der Waals surface area (Å²) in [6, 6.07) is 7.90. The van der Waals surface area contributed by atoms with Crippen LogP contribution in [0.4, 0.5) is 5.13 Å². The van der Waals surface area contributed by atoms with Crippen molar-refractivity contribution in [2.75, 3.05) is 19.1 Å². The van der Waals surface area contributed by atoms with E-state index in [1.807, 2.05) is 45.3 Å². The third-order valence-electron chi connectivity index (χ3n) is 2.40. The monoisotopic (exact) mass is 249 g/mol. The SMILES string of the molecule is CCC(=O)N(c1nc2ccccc2s1)N(C)C. The number of para-hydroxylation sites is 1. The van der Waals surface area contributed by atoms with Crippen molar-refractivity contribution < 1.29 is 4.79 Å². The third-order valence-corrected chi connectivity index (χ3v) is 3.41. The zero-order chi connectivity index (χ0) is 12.4. The van der Waals surface area contributed by atoms with E-state index >= 15 is 0 Å². The van der Waals surface area contributed by atoms with Crippen LogP contribution in [0.5, 0.6) is 0 Å². The minimum Gasteiger partial charge on any atom is -0.273 e. The number of rotatable bonds is 3. The Morgan fingerprint density at radius 2 is 2.06 bits per heavy atom. The highest BCUT2D eigenvalue weighted by molar-refractivity contribution is 7.22. The molecule has 5 heteroatoms. The normalized spacial score (nSPS) is 11.1. The van der Waals surface area contributed by atoms with Crippen molar-refractivity contribution in [3.8, 4) is 0 Å². The number of hydrazine groups is 1. The van der Waals surface area contributed by atoms with Crippen molar-refractivity contribution >= 4 is 32.6 Å². The summed E-state index contributed by atoms with van der Waals surface area (Å²) >= 11 is 1.53. The summed E-state index contributed by atoms with van der Waals surface area (Å²) in [6.45, 7) is 1.85. The van der Waals surface area contributed by atoms with Crippen LogP contribution in [0.15, 0.2) is 24.3 Å². The summed E-state index contributed by atoms with van der Waals surface area (Å²) in [6.07, 6.45) is 0.466. The Kier molecular flexibility index (Phi) is 3.40. The van der Waals surface area contributed by atoms with Gasteiger partial charge in [0.2, 0.25) is 11.0 Å². The number of carbonyl (C=O) groups excluding carboxylic acids is 1. The lowest BCUT2D eigenvalue weighted by Crippen LogP contribution is -2.41. The molecule has 2 rings (SSSR count). The van der Waals surface area contributed by atoms with Crippen molar-refractivity contribution in [2.24, 2.45) is 0 Å². The maximum Gasteiger partial charge on any atom is 0.243 e. The fraction of sp³-hybridized carbons (Fsp3) is 0.333. The maximum absolute atomic E-state index is 11.9. The van der Waals surface area contributed by atoms with Crippen molar-refractivity contribution in [1.29, 1.82) is 0 Å². The van der Waals surface area contributed by atoms with E-state index in [-0.39, 0.29) is 5.91 Å². The van der Waals surface area contributed by atoms with Gasteiger partial charge in [-0.2, -0.15) is 0 Å². The molecule has 1 heterocycles. The van der Waals surface area contributed by atoms with Gasteiger partial charge in [0.05, 0.1) is 10.2 Å². The fourth-order valence-corrected chi connectivity index (χ4v) is 2.66. The van der Waals surface area contributed by atoms with E-state index in [1.165, 1.54) is 11.3 Å². The van der Waals surface area contributed by atoms with E-state index in [1.54, 1.807) is 10.0 Å².